The molecule has 696 valence electrons. The van der Waals surface area contributed by atoms with Crippen molar-refractivity contribution in [2.24, 2.45) is 0 Å². The lowest BCUT2D eigenvalue weighted by Crippen LogP contribution is -2.30. The summed E-state index contributed by atoms with van der Waals surface area (Å²) < 4.78 is 12.5. The Hall–Kier alpha value is -19.0. The Morgan fingerprint density at radius 1 is 0.164 bits per heavy atom. The van der Waals surface area contributed by atoms with E-state index in [1.165, 1.54) is 67.5 Å². The van der Waals surface area contributed by atoms with E-state index >= 15 is 0 Å². The summed E-state index contributed by atoms with van der Waals surface area (Å²) in [6, 6.07) is 156. The molecule has 0 amide bonds. The Morgan fingerprint density at radius 3 is 0.692 bits per heavy atom. The van der Waals surface area contributed by atoms with Crippen molar-refractivity contribution < 1.29 is 8.83 Å². The fourth-order valence-electron chi connectivity index (χ4n) is 20.8. The van der Waals surface area contributed by atoms with Crippen LogP contribution in [0, 0.1) is 0 Å². The molecule has 0 N–H and O–H groups in total. The number of aromatic nitrogens is 12. The highest BCUT2D eigenvalue weighted by Crippen LogP contribution is 2.56. The summed E-state index contributed by atoms with van der Waals surface area (Å²) in [5, 5.41) is 4.22. The topological polar surface area (TPSA) is 191 Å². The van der Waals surface area contributed by atoms with Gasteiger partial charge in [0.1, 0.15) is 22.3 Å². The molecule has 18 aromatic carbocycles. The molecule has 0 saturated heterocycles. The van der Waals surface area contributed by atoms with Crippen LogP contribution in [0.25, 0.3) is 169 Å². The number of nitrogens with zero attached hydrogens (tertiary/aromatic N) is 15. The minimum absolute atomic E-state index is 0.107. The summed E-state index contributed by atoms with van der Waals surface area (Å²) in [7, 11) is 0. The lowest BCUT2D eigenvalue weighted by atomic mass is 9.73. The molecule has 9 heterocycles. The number of anilines is 9. The Morgan fingerprint density at radius 2 is 0.384 bits per heavy atom. The standard InChI is InChI=1S/C45H33N7.2C42H30N4O/c1-45(2)35-22-12-14-24-37(35)52(38-25-15-13-23-36(38)45)34-28-26-33(27-29-34)42-47-41(32-20-10-5-11-21-32)50-44(51-42)43-48-39(30-16-6-3-7-17-30)46-40(49-43)31-18-8-4-9-19-31;1-42(2)33-18-7-9-20-35(33)46(36-21-10-8-19-34(36)42)29-25-23-28(24-26-29)40-43-39(27-13-4-3-5-14-27)44-41(45-40)32-17-12-16-31-30-15-6-11-22-37(30)47-38(31)32;1-42(2)33-15-7-9-17-35(33)46(36-18-10-8-16-34(36)42)30-23-20-28(21-24-30)40-43-39(27-12-4-3-5-13-27)44-41(45-40)29-22-25-38-32(26-29)31-14-6-11-19-37(31)47-38/h3-29H,1-2H3;2*3-26H,1-2H3. The van der Waals surface area contributed by atoms with Crippen LogP contribution in [0.15, 0.2) is 464 Å². The van der Waals surface area contributed by atoms with Crippen LogP contribution in [0.1, 0.15) is 74.9 Å². The minimum atomic E-state index is -0.130. The van der Waals surface area contributed by atoms with E-state index in [4.69, 9.17) is 68.6 Å². The molecule has 0 saturated carbocycles. The van der Waals surface area contributed by atoms with Gasteiger partial charge in [-0.15, -0.1) is 0 Å². The third kappa shape index (κ3) is 16.1. The van der Waals surface area contributed by atoms with Crippen molar-refractivity contribution in [2.75, 3.05) is 14.7 Å². The molecular formula is C129H93N15O2. The monoisotopic (exact) mass is 1880 g/mol. The predicted octanol–water partition coefficient (Wildman–Crippen LogP) is 32.3. The number of hydrogen-bond donors (Lipinski definition) is 0. The highest BCUT2D eigenvalue weighted by molar-refractivity contribution is 6.10. The molecule has 3 aliphatic rings. The van der Waals surface area contributed by atoms with Crippen molar-refractivity contribution >= 4 is 95.1 Å². The number of para-hydroxylation sites is 9. The number of rotatable bonds is 14. The van der Waals surface area contributed by atoms with Crippen molar-refractivity contribution in [1.29, 1.82) is 0 Å². The van der Waals surface area contributed by atoms with Gasteiger partial charge >= 0.3 is 0 Å². The minimum Gasteiger partial charge on any atom is -0.456 e. The SMILES string of the molecule is CC1(C)c2ccccc2N(c2ccc(-c3nc(-c4ccccc4)nc(-c4ccc5oc6ccccc6c5c4)n3)cc2)c2ccccc21.CC1(C)c2ccccc2N(c2ccc(-c3nc(-c4ccccc4)nc(-c4cccc5c4oc4ccccc45)n3)cc2)c2ccccc21.CC1(C)c2ccccc2N(c2ccc(-c3nc(-c4ccccc4)nc(-c4nc(-c5ccccc5)nc(-c5ccccc5)n4)n3)cc2)c2ccccc21. The Bertz CT molecular complexity index is 8880. The van der Waals surface area contributed by atoms with Crippen molar-refractivity contribution in [3.63, 3.8) is 0 Å². The smallest absolute Gasteiger partial charge is 0.202 e. The molecule has 0 fully saturated rings. The van der Waals surface area contributed by atoms with Crippen LogP contribution in [0.5, 0.6) is 0 Å². The quantitative estimate of drug-likeness (QED) is 0.0998. The third-order valence-corrected chi connectivity index (χ3v) is 28.2. The second-order valence-corrected chi connectivity index (χ2v) is 38.3. The maximum atomic E-state index is 6.38. The molecule has 27 rings (SSSR count). The molecule has 0 aliphatic carbocycles. The van der Waals surface area contributed by atoms with E-state index in [2.05, 4.69) is 299 Å². The number of fused-ring (bicyclic) bond motifs is 12. The number of benzene rings is 18. The molecule has 0 unspecified atom stereocenters. The first-order valence-electron chi connectivity index (χ1n) is 49.1. The first-order valence-corrected chi connectivity index (χ1v) is 49.1. The van der Waals surface area contributed by atoms with E-state index < -0.39 is 0 Å². The zero-order chi connectivity index (χ0) is 98.1. The molecule has 0 radical (unpaired) electrons. The van der Waals surface area contributed by atoms with E-state index in [1.54, 1.807) is 0 Å². The largest absolute Gasteiger partial charge is 0.456 e. The molecule has 3 aliphatic heterocycles. The van der Waals surface area contributed by atoms with Gasteiger partial charge < -0.3 is 23.5 Å². The van der Waals surface area contributed by atoms with E-state index in [-0.39, 0.29) is 16.2 Å². The van der Waals surface area contributed by atoms with Crippen LogP contribution < -0.4 is 14.7 Å². The molecule has 17 heteroatoms. The van der Waals surface area contributed by atoms with Crippen LogP contribution in [0.2, 0.25) is 0 Å². The van der Waals surface area contributed by atoms with Gasteiger partial charge in [0.15, 0.2) is 58.2 Å². The van der Waals surface area contributed by atoms with Crippen molar-refractivity contribution in [2.45, 2.75) is 57.8 Å². The molecule has 0 bridgehead atoms. The van der Waals surface area contributed by atoms with Gasteiger partial charge in [-0.1, -0.05) is 351 Å². The molecule has 24 aromatic rings. The summed E-state index contributed by atoms with van der Waals surface area (Å²) in [4.78, 5) is 66.7. The van der Waals surface area contributed by atoms with Gasteiger partial charge in [-0.05, 0) is 179 Å². The maximum absolute atomic E-state index is 6.38. The lowest BCUT2D eigenvalue weighted by molar-refractivity contribution is 0.632. The molecule has 17 nitrogen and oxygen atoms in total. The first kappa shape index (κ1) is 88.4. The van der Waals surface area contributed by atoms with Gasteiger partial charge in [-0.25, -0.2) is 59.8 Å². The van der Waals surface area contributed by atoms with E-state index in [1.807, 2.05) is 212 Å². The Labute approximate surface area is 844 Å². The molecule has 0 spiro atoms. The first-order chi connectivity index (χ1) is 71.6. The van der Waals surface area contributed by atoms with E-state index in [9.17, 15) is 0 Å². The molecular weight excluding hydrogens is 1790 g/mol. The summed E-state index contributed by atoms with van der Waals surface area (Å²) in [6.45, 7) is 13.8. The molecule has 6 aromatic heterocycles. The van der Waals surface area contributed by atoms with Crippen molar-refractivity contribution in [3.8, 4) is 126 Å². The second kappa shape index (κ2) is 36.6. The number of hydrogen-bond acceptors (Lipinski definition) is 17. The van der Waals surface area contributed by atoms with E-state index in [0.717, 1.165) is 117 Å². The zero-order valence-electron chi connectivity index (χ0n) is 80.8. The highest BCUT2D eigenvalue weighted by Gasteiger charge is 2.41. The molecule has 146 heavy (non-hydrogen) atoms. The normalized spacial score (nSPS) is 13.3. The lowest BCUT2D eigenvalue weighted by Gasteiger charge is -2.42. The van der Waals surface area contributed by atoms with Crippen molar-refractivity contribution in [3.05, 3.63) is 488 Å². The average molecular weight is 1890 g/mol. The van der Waals surface area contributed by atoms with Gasteiger partial charge in [0.25, 0.3) is 0 Å². The summed E-state index contributed by atoms with van der Waals surface area (Å²) in [6.07, 6.45) is 0. The molecule has 0 atom stereocenters. The average Bonchev–Trinajstić information content (AvgIpc) is 1.71. The van der Waals surface area contributed by atoms with E-state index in [0.29, 0.717) is 69.9 Å². The predicted molar refractivity (Wildman–Crippen MR) is 588 cm³/mol. The van der Waals surface area contributed by atoms with Crippen molar-refractivity contribution in [1.82, 2.24) is 59.8 Å². The van der Waals surface area contributed by atoms with Gasteiger partial charge in [0.05, 0.1) is 39.7 Å². The van der Waals surface area contributed by atoms with Crippen LogP contribution in [0.3, 0.4) is 0 Å². The second-order valence-electron chi connectivity index (χ2n) is 38.3. The van der Waals surface area contributed by atoms with Gasteiger partial charge in [-0.2, -0.15) is 0 Å². The van der Waals surface area contributed by atoms with Crippen LogP contribution in [0.4, 0.5) is 51.2 Å². The van der Waals surface area contributed by atoms with Crippen LogP contribution in [-0.4, -0.2) is 59.8 Å². The van der Waals surface area contributed by atoms with Gasteiger partial charge in [0, 0.05) is 105 Å². The summed E-state index contributed by atoms with van der Waals surface area (Å²) >= 11 is 0. The highest BCUT2D eigenvalue weighted by atomic mass is 16.3. The fraction of sp³-hybridized carbons (Fsp3) is 0.0698. The van der Waals surface area contributed by atoms with Crippen LogP contribution >= 0.6 is 0 Å². The fourth-order valence-corrected chi connectivity index (χ4v) is 20.8. The third-order valence-electron chi connectivity index (χ3n) is 28.2. The summed E-state index contributed by atoms with van der Waals surface area (Å²) in [5.41, 5.74) is 30.0. The maximum Gasteiger partial charge on any atom is 0.202 e. The zero-order valence-corrected chi connectivity index (χ0v) is 80.8. The van der Waals surface area contributed by atoms with Crippen LogP contribution in [-0.2, 0) is 16.2 Å². The Balaban J connectivity index is 0.000000114. The van der Waals surface area contributed by atoms with Gasteiger partial charge in [-0.3, -0.25) is 0 Å². The summed E-state index contributed by atoms with van der Waals surface area (Å²) in [5.74, 6) is 6.55. The Kier molecular flexibility index (Phi) is 22.2. The number of furan rings is 2. The van der Waals surface area contributed by atoms with Gasteiger partial charge in [0.2, 0.25) is 11.6 Å².